The molecule has 0 radical (unpaired) electrons. The fraction of sp³-hybridized carbons (Fsp3) is 0.143. The number of sulfone groups is 1. The summed E-state index contributed by atoms with van der Waals surface area (Å²) in [5.74, 6) is -0.572. The van der Waals surface area contributed by atoms with E-state index in [-0.39, 0.29) is 32.6 Å². The van der Waals surface area contributed by atoms with Crippen LogP contribution in [0.2, 0.25) is 0 Å². The van der Waals surface area contributed by atoms with Gasteiger partial charge in [-0.15, -0.1) is 0 Å². The Kier molecular flexibility index (Phi) is 6.40. The fourth-order valence-electron chi connectivity index (χ4n) is 2.93. The Morgan fingerprint density at radius 1 is 1.00 bits per heavy atom. The highest BCUT2D eigenvalue weighted by Gasteiger charge is 2.25. The maximum absolute atomic E-state index is 14.4. The first-order valence-corrected chi connectivity index (χ1v) is 10.8. The van der Waals surface area contributed by atoms with Crippen LogP contribution in [-0.2, 0) is 9.84 Å². The van der Waals surface area contributed by atoms with Crippen molar-refractivity contribution >= 4 is 9.84 Å². The molecule has 0 spiro atoms. The predicted molar refractivity (Wildman–Crippen MR) is 108 cm³/mol. The van der Waals surface area contributed by atoms with Gasteiger partial charge >= 0.3 is 0 Å². The number of halogens is 4. The van der Waals surface area contributed by atoms with Crippen LogP contribution in [0.3, 0.4) is 0 Å². The number of hydrogen-bond acceptors (Lipinski definition) is 4. The second-order valence-corrected chi connectivity index (χ2v) is 8.64. The van der Waals surface area contributed by atoms with Gasteiger partial charge in [0, 0.05) is 11.8 Å². The third-order valence-corrected chi connectivity index (χ3v) is 5.61. The van der Waals surface area contributed by atoms with E-state index in [2.05, 4.69) is 5.10 Å². The number of rotatable bonds is 6. The third kappa shape index (κ3) is 4.74. The van der Waals surface area contributed by atoms with Crippen molar-refractivity contribution < 1.29 is 26.0 Å². The van der Waals surface area contributed by atoms with Gasteiger partial charge in [-0.25, -0.2) is 26.0 Å². The van der Waals surface area contributed by atoms with Crippen LogP contribution in [0.4, 0.5) is 17.6 Å². The number of alkyl halides is 2. The van der Waals surface area contributed by atoms with Gasteiger partial charge in [0.2, 0.25) is 6.30 Å². The van der Waals surface area contributed by atoms with E-state index in [0.29, 0.717) is 11.6 Å². The van der Waals surface area contributed by atoms with E-state index in [0.717, 1.165) is 24.6 Å². The van der Waals surface area contributed by atoms with E-state index in [1.165, 1.54) is 36.4 Å². The van der Waals surface area contributed by atoms with E-state index in [4.69, 9.17) is 0 Å². The summed E-state index contributed by atoms with van der Waals surface area (Å²) in [6, 6.07) is 10.3. The van der Waals surface area contributed by atoms with Crippen LogP contribution in [0.25, 0.3) is 22.3 Å². The number of hydrogen-bond donors (Lipinski definition) is 0. The minimum Gasteiger partial charge on any atom is -0.267 e. The Hall–Kier alpha value is -3.27. The maximum Gasteiger partial charge on any atom is 0.278 e. The molecule has 2 aromatic carbocycles. The number of allylic oxidation sites excluding steroid dienone is 1. The topological polar surface area (TPSA) is 69.0 Å². The third-order valence-electron chi connectivity index (χ3n) is 4.48. The molecule has 0 aliphatic carbocycles. The molecule has 10 heteroatoms. The van der Waals surface area contributed by atoms with Crippen molar-refractivity contribution in [3.63, 3.8) is 0 Å². The van der Waals surface area contributed by atoms with Gasteiger partial charge in [0.05, 0.1) is 23.0 Å². The molecule has 2 atom stereocenters. The van der Waals surface area contributed by atoms with Gasteiger partial charge in [-0.3, -0.25) is 4.79 Å². The van der Waals surface area contributed by atoms with E-state index in [1.807, 2.05) is 0 Å². The zero-order valence-corrected chi connectivity index (χ0v) is 16.9. The van der Waals surface area contributed by atoms with Crippen molar-refractivity contribution in [1.82, 2.24) is 9.78 Å². The molecule has 3 rings (SSSR count). The number of benzene rings is 2. The first kappa shape index (κ1) is 22.4. The zero-order valence-electron chi connectivity index (χ0n) is 16.0. The Morgan fingerprint density at radius 3 is 2.13 bits per heavy atom. The molecule has 0 N–H and O–H groups in total. The SMILES string of the molecule is CS(=O)(=O)c1ccc(-c2cnn(C(F)C(F)C=CF)c(=O)c2-c2ccc(F)cc2)cc1. The van der Waals surface area contributed by atoms with Crippen molar-refractivity contribution in [2.75, 3.05) is 6.26 Å². The molecule has 162 valence electrons. The largest absolute Gasteiger partial charge is 0.278 e. The van der Waals surface area contributed by atoms with Crippen LogP contribution in [0.15, 0.2) is 76.8 Å². The molecule has 31 heavy (non-hydrogen) atoms. The van der Waals surface area contributed by atoms with Crippen LogP contribution in [0.5, 0.6) is 0 Å². The van der Waals surface area contributed by atoms with Gasteiger partial charge in [0.15, 0.2) is 16.0 Å². The van der Waals surface area contributed by atoms with Crippen LogP contribution >= 0.6 is 0 Å². The van der Waals surface area contributed by atoms with Crippen molar-refractivity contribution in [3.8, 4) is 22.3 Å². The Morgan fingerprint density at radius 2 is 1.58 bits per heavy atom. The van der Waals surface area contributed by atoms with Gasteiger partial charge < -0.3 is 0 Å². The summed E-state index contributed by atoms with van der Waals surface area (Å²) in [5, 5.41) is 3.67. The normalized spacial score (nSPS) is 14.0. The second-order valence-electron chi connectivity index (χ2n) is 6.62. The molecule has 2 unspecified atom stereocenters. The lowest BCUT2D eigenvalue weighted by atomic mass is 9.97. The fourth-order valence-corrected chi connectivity index (χ4v) is 3.57. The van der Waals surface area contributed by atoms with Crippen LogP contribution < -0.4 is 5.56 Å². The van der Waals surface area contributed by atoms with Gasteiger partial charge in [0.25, 0.3) is 5.56 Å². The summed E-state index contributed by atoms with van der Waals surface area (Å²) < 4.78 is 77.5. The zero-order chi connectivity index (χ0) is 22.8. The highest BCUT2D eigenvalue weighted by atomic mass is 32.2. The lowest BCUT2D eigenvalue weighted by Gasteiger charge is -2.16. The highest BCUT2D eigenvalue weighted by Crippen LogP contribution is 2.30. The molecule has 1 aromatic heterocycles. The van der Waals surface area contributed by atoms with Gasteiger partial charge in [-0.1, -0.05) is 24.3 Å². The highest BCUT2D eigenvalue weighted by molar-refractivity contribution is 7.90. The molecule has 1 heterocycles. The molecule has 0 amide bonds. The van der Waals surface area contributed by atoms with E-state index >= 15 is 0 Å². The molecule has 0 fully saturated rings. The van der Waals surface area contributed by atoms with E-state index in [1.54, 1.807) is 0 Å². The molecule has 0 saturated carbocycles. The summed E-state index contributed by atoms with van der Waals surface area (Å²) in [6.45, 7) is 0. The lowest BCUT2D eigenvalue weighted by molar-refractivity contribution is 0.118. The number of nitrogens with zero attached hydrogens (tertiary/aromatic N) is 2. The lowest BCUT2D eigenvalue weighted by Crippen LogP contribution is -2.31. The molecular formula is C21H16F4N2O3S. The molecule has 0 saturated heterocycles. The molecule has 5 nitrogen and oxygen atoms in total. The quantitative estimate of drug-likeness (QED) is 0.520. The van der Waals surface area contributed by atoms with Crippen LogP contribution in [0, 0.1) is 5.82 Å². The van der Waals surface area contributed by atoms with Gasteiger partial charge in [0.1, 0.15) is 5.82 Å². The first-order chi connectivity index (χ1) is 14.6. The monoisotopic (exact) mass is 452 g/mol. The minimum absolute atomic E-state index is 0.0444. The molecular weight excluding hydrogens is 436 g/mol. The first-order valence-electron chi connectivity index (χ1n) is 8.86. The molecule has 3 aromatic rings. The Balaban J connectivity index is 2.23. The van der Waals surface area contributed by atoms with Gasteiger partial charge in [-0.05, 0) is 41.5 Å². The van der Waals surface area contributed by atoms with Crippen LogP contribution in [-0.4, -0.2) is 30.6 Å². The molecule has 0 aliphatic rings. The standard InChI is InChI=1S/C21H16F4N2O3S/c1-31(29,30)16-8-4-13(5-9-16)17-12-26-27(20(25)18(24)10-11-22)21(28)19(17)14-2-6-15(23)7-3-14/h2-12,18,20H,1H3. The summed E-state index contributed by atoms with van der Waals surface area (Å²) in [4.78, 5) is 13.1. The van der Waals surface area contributed by atoms with E-state index in [9.17, 15) is 30.8 Å². The predicted octanol–water partition coefficient (Wildman–Crippen LogP) is 4.41. The van der Waals surface area contributed by atoms with E-state index < -0.39 is 33.7 Å². The molecule has 0 bridgehead atoms. The van der Waals surface area contributed by atoms with Crippen molar-refractivity contribution in [2.24, 2.45) is 0 Å². The average molecular weight is 452 g/mol. The summed E-state index contributed by atoms with van der Waals surface area (Å²) in [5.41, 5.74) is -0.371. The number of aromatic nitrogens is 2. The smallest absolute Gasteiger partial charge is 0.267 e. The van der Waals surface area contributed by atoms with Gasteiger partial charge in [-0.2, -0.15) is 9.78 Å². The second kappa shape index (κ2) is 8.84. The summed E-state index contributed by atoms with van der Waals surface area (Å²) in [6.07, 6.45) is -2.80. The summed E-state index contributed by atoms with van der Waals surface area (Å²) >= 11 is 0. The maximum atomic E-state index is 14.4. The molecule has 0 aliphatic heterocycles. The van der Waals surface area contributed by atoms with Crippen molar-refractivity contribution in [2.45, 2.75) is 17.4 Å². The van der Waals surface area contributed by atoms with Crippen molar-refractivity contribution in [3.05, 3.63) is 83.3 Å². The average Bonchev–Trinajstić information content (AvgIpc) is 2.73. The minimum atomic E-state index is -3.46. The summed E-state index contributed by atoms with van der Waals surface area (Å²) in [7, 11) is -3.46. The Labute approximate surface area is 175 Å². The van der Waals surface area contributed by atoms with Crippen LogP contribution in [0.1, 0.15) is 6.30 Å². The van der Waals surface area contributed by atoms with Crippen molar-refractivity contribution in [1.29, 1.82) is 0 Å². The Bertz CT molecular complexity index is 1270.